The van der Waals surface area contributed by atoms with Gasteiger partial charge < -0.3 is 10.6 Å². The van der Waals surface area contributed by atoms with Gasteiger partial charge in [0.1, 0.15) is 0 Å². The molecule has 8 heteroatoms. The van der Waals surface area contributed by atoms with E-state index in [1.807, 2.05) is 31.2 Å². The minimum Gasteiger partial charge on any atom is -0.357 e. The highest BCUT2D eigenvalue weighted by atomic mass is 79.9. The number of aromatic nitrogens is 2. The Morgan fingerprint density at radius 1 is 1.39 bits per heavy atom. The van der Waals surface area contributed by atoms with Crippen LogP contribution in [0.1, 0.15) is 31.4 Å². The topological polar surface area (TPSA) is 66.9 Å². The van der Waals surface area contributed by atoms with Gasteiger partial charge in [-0.25, -0.2) is 0 Å². The zero-order valence-electron chi connectivity index (χ0n) is 12.6. The Hall–Kier alpha value is -1.12. The Kier molecular flexibility index (Phi) is 5.55. The Morgan fingerprint density at radius 2 is 2.13 bits per heavy atom. The number of benzene rings is 1. The lowest BCUT2D eigenvalue weighted by Gasteiger charge is -2.14. The molecule has 0 spiro atoms. The average molecular weight is 413 g/mol. The van der Waals surface area contributed by atoms with Crippen molar-refractivity contribution in [2.75, 3.05) is 11.1 Å². The molecule has 1 aromatic carbocycles. The quantitative estimate of drug-likeness (QED) is 0.676. The summed E-state index contributed by atoms with van der Waals surface area (Å²) in [6, 6.07) is 8.50. The van der Waals surface area contributed by atoms with Crippen LogP contribution in [0.4, 0.5) is 5.13 Å². The van der Waals surface area contributed by atoms with Crippen LogP contribution in [-0.4, -0.2) is 27.9 Å². The second-order valence-corrected chi connectivity index (χ2v) is 8.54. The average Bonchev–Trinajstić information content (AvgIpc) is 3.22. The number of nitrogens with one attached hydrogen (secondary N) is 2. The minimum absolute atomic E-state index is 0.00248. The lowest BCUT2D eigenvalue weighted by atomic mass is 10.1. The molecule has 2 N–H and O–H groups in total. The van der Waals surface area contributed by atoms with Crippen LogP contribution in [-0.2, 0) is 4.79 Å². The predicted molar refractivity (Wildman–Crippen MR) is 98.0 cm³/mol. The molecule has 1 fully saturated rings. The van der Waals surface area contributed by atoms with E-state index in [4.69, 9.17) is 0 Å². The summed E-state index contributed by atoms with van der Waals surface area (Å²) in [5.41, 5.74) is 1.08. The Morgan fingerprint density at radius 3 is 2.83 bits per heavy atom. The van der Waals surface area contributed by atoms with E-state index in [-0.39, 0.29) is 11.9 Å². The smallest absolute Gasteiger partial charge is 0.230 e. The molecule has 1 saturated carbocycles. The first-order chi connectivity index (χ1) is 11.1. The fraction of sp³-hybridized carbons (Fsp3) is 0.400. The maximum Gasteiger partial charge on any atom is 0.230 e. The molecule has 1 heterocycles. The van der Waals surface area contributed by atoms with E-state index < -0.39 is 0 Å². The van der Waals surface area contributed by atoms with Gasteiger partial charge in [-0.3, -0.25) is 4.79 Å². The van der Waals surface area contributed by atoms with Gasteiger partial charge in [-0.15, -0.1) is 10.2 Å². The summed E-state index contributed by atoms with van der Waals surface area (Å²) < 4.78 is 1.85. The summed E-state index contributed by atoms with van der Waals surface area (Å²) in [4.78, 5) is 12.1. The van der Waals surface area contributed by atoms with Gasteiger partial charge in [-0.1, -0.05) is 51.2 Å². The number of anilines is 1. The molecule has 3 rings (SSSR count). The summed E-state index contributed by atoms with van der Waals surface area (Å²) in [6.45, 7) is 1.98. The van der Waals surface area contributed by atoms with Crippen LogP contribution in [0.3, 0.4) is 0 Å². The van der Waals surface area contributed by atoms with Crippen molar-refractivity contribution in [1.82, 2.24) is 15.5 Å². The lowest BCUT2D eigenvalue weighted by molar-refractivity contribution is -0.119. The molecule has 1 aliphatic rings. The van der Waals surface area contributed by atoms with Gasteiger partial charge in [0, 0.05) is 10.5 Å². The van der Waals surface area contributed by atoms with Crippen LogP contribution in [0.5, 0.6) is 0 Å². The molecule has 1 amide bonds. The third kappa shape index (κ3) is 5.19. The van der Waals surface area contributed by atoms with Crippen LogP contribution in [0.15, 0.2) is 33.1 Å². The first kappa shape index (κ1) is 16.7. The molecule has 1 aromatic heterocycles. The summed E-state index contributed by atoms with van der Waals surface area (Å²) in [6.07, 6.45) is 2.41. The van der Waals surface area contributed by atoms with Crippen molar-refractivity contribution in [3.8, 4) is 0 Å². The molecule has 0 radical (unpaired) electrons. The van der Waals surface area contributed by atoms with Crippen LogP contribution in [0.25, 0.3) is 0 Å². The number of amides is 1. The highest BCUT2D eigenvalue weighted by Crippen LogP contribution is 2.30. The number of carbonyl (C=O) groups excluding carboxylic acids is 1. The second-order valence-electron chi connectivity index (χ2n) is 5.42. The number of hydrogen-bond acceptors (Lipinski definition) is 6. The van der Waals surface area contributed by atoms with Gasteiger partial charge in [-0.05, 0) is 37.5 Å². The maximum atomic E-state index is 12.1. The van der Waals surface area contributed by atoms with E-state index in [0.29, 0.717) is 11.8 Å². The molecule has 23 heavy (non-hydrogen) atoms. The Bertz CT molecular complexity index is 672. The van der Waals surface area contributed by atoms with Crippen LogP contribution in [0.2, 0.25) is 0 Å². The van der Waals surface area contributed by atoms with Crippen molar-refractivity contribution in [1.29, 1.82) is 0 Å². The normalized spacial score (nSPS) is 15.2. The van der Waals surface area contributed by atoms with Crippen molar-refractivity contribution in [3.05, 3.63) is 34.3 Å². The van der Waals surface area contributed by atoms with Gasteiger partial charge >= 0.3 is 0 Å². The molecule has 1 aliphatic carbocycles. The molecule has 122 valence electrons. The molecular weight excluding hydrogens is 396 g/mol. The highest BCUT2D eigenvalue weighted by molar-refractivity contribution is 9.10. The molecule has 5 nitrogen and oxygen atoms in total. The molecule has 0 aliphatic heterocycles. The molecule has 1 atom stereocenters. The molecule has 2 aromatic rings. The number of nitrogens with zero attached hydrogens (tertiary/aromatic N) is 2. The van der Waals surface area contributed by atoms with E-state index in [1.165, 1.54) is 35.9 Å². The largest absolute Gasteiger partial charge is 0.357 e. The first-order valence-corrected chi connectivity index (χ1v) is 9.97. The van der Waals surface area contributed by atoms with E-state index in [0.717, 1.165) is 19.5 Å². The van der Waals surface area contributed by atoms with Crippen LogP contribution >= 0.6 is 39.0 Å². The summed E-state index contributed by atoms with van der Waals surface area (Å²) >= 11 is 6.34. The van der Waals surface area contributed by atoms with Crippen molar-refractivity contribution in [3.63, 3.8) is 0 Å². The third-order valence-electron chi connectivity index (χ3n) is 3.39. The number of carbonyl (C=O) groups is 1. The van der Waals surface area contributed by atoms with Gasteiger partial charge in [0.05, 0.1) is 11.8 Å². The zero-order valence-corrected chi connectivity index (χ0v) is 15.8. The van der Waals surface area contributed by atoms with E-state index in [2.05, 4.69) is 36.8 Å². The SMILES string of the molecule is C[C@H](NC(=O)CSc1nnc(NC2CC2)s1)c1ccc(Br)cc1. The fourth-order valence-corrected chi connectivity index (χ4v) is 3.88. The van der Waals surface area contributed by atoms with Crippen molar-refractivity contribution in [2.45, 2.75) is 36.2 Å². The molecule has 0 bridgehead atoms. The summed E-state index contributed by atoms with van der Waals surface area (Å²) in [5, 5.41) is 15.3. The summed E-state index contributed by atoms with van der Waals surface area (Å²) in [5.74, 6) is 0.344. The number of hydrogen-bond donors (Lipinski definition) is 2. The standard InChI is InChI=1S/C15H17BrN4OS2/c1-9(10-2-4-11(16)5-3-10)17-13(21)8-22-15-20-19-14(23-15)18-12-6-7-12/h2-5,9,12H,6-8H2,1H3,(H,17,21)(H,18,19)/t9-/m0/s1. The van der Waals surface area contributed by atoms with Crippen molar-refractivity contribution in [2.24, 2.45) is 0 Å². The predicted octanol–water partition coefficient (Wildman–Crippen LogP) is 3.84. The van der Waals surface area contributed by atoms with Crippen LogP contribution < -0.4 is 10.6 Å². The number of thioether (sulfide) groups is 1. The van der Waals surface area contributed by atoms with E-state index in [9.17, 15) is 4.79 Å². The zero-order chi connectivity index (χ0) is 16.2. The van der Waals surface area contributed by atoms with Gasteiger partial charge in [0.2, 0.25) is 11.0 Å². The van der Waals surface area contributed by atoms with Gasteiger partial charge in [0.25, 0.3) is 0 Å². The first-order valence-electron chi connectivity index (χ1n) is 7.38. The third-order valence-corrected chi connectivity index (χ3v) is 5.90. The summed E-state index contributed by atoms with van der Waals surface area (Å²) in [7, 11) is 0. The number of halogens is 1. The maximum absolute atomic E-state index is 12.1. The minimum atomic E-state index is -0.0160. The Balaban J connectivity index is 1.45. The monoisotopic (exact) mass is 412 g/mol. The molecular formula is C15H17BrN4OS2. The van der Waals surface area contributed by atoms with Crippen molar-refractivity contribution >= 4 is 50.1 Å². The van der Waals surface area contributed by atoms with Gasteiger partial charge in [0.15, 0.2) is 4.34 Å². The van der Waals surface area contributed by atoms with E-state index in [1.54, 1.807) is 0 Å². The highest BCUT2D eigenvalue weighted by Gasteiger charge is 2.22. The molecule has 0 saturated heterocycles. The fourth-order valence-electron chi connectivity index (χ4n) is 1.97. The van der Waals surface area contributed by atoms with Crippen molar-refractivity contribution < 1.29 is 4.79 Å². The second kappa shape index (κ2) is 7.63. The Labute approximate surface area is 151 Å². The number of rotatable bonds is 7. The lowest BCUT2D eigenvalue weighted by Crippen LogP contribution is -2.28. The van der Waals surface area contributed by atoms with E-state index >= 15 is 0 Å². The van der Waals surface area contributed by atoms with Gasteiger partial charge in [-0.2, -0.15) is 0 Å². The molecule has 0 unspecified atom stereocenters. The van der Waals surface area contributed by atoms with Crippen LogP contribution in [0, 0.1) is 0 Å².